The molecule has 0 radical (unpaired) electrons. The molecule has 0 aliphatic carbocycles. The number of carbonyl (C=O) groups is 2. The van der Waals surface area contributed by atoms with Crippen LogP contribution in [-0.4, -0.2) is 34.4 Å². The Kier molecular flexibility index (Phi) is 3.61. The van der Waals surface area contributed by atoms with Gasteiger partial charge in [-0.15, -0.1) is 11.3 Å². The van der Waals surface area contributed by atoms with Crippen LogP contribution in [0, 0.1) is 6.92 Å². The van der Waals surface area contributed by atoms with Gasteiger partial charge in [-0.1, -0.05) is 0 Å². The lowest BCUT2D eigenvalue weighted by Crippen LogP contribution is -2.30. The number of alkyl carbamates (subject to hydrolysis) is 1. The molecule has 0 saturated heterocycles. The van der Waals surface area contributed by atoms with Gasteiger partial charge in [0.05, 0.1) is 18.8 Å². The summed E-state index contributed by atoms with van der Waals surface area (Å²) in [4.78, 5) is 28.2. The summed E-state index contributed by atoms with van der Waals surface area (Å²) in [6.45, 7) is 3.67. The van der Waals surface area contributed by atoms with E-state index >= 15 is 0 Å². The van der Waals surface area contributed by atoms with Crippen LogP contribution in [0.5, 0.6) is 0 Å². The Morgan fingerprint density at radius 1 is 1.56 bits per heavy atom. The molecule has 1 N–H and O–H groups in total. The van der Waals surface area contributed by atoms with Crippen molar-refractivity contribution in [1.29, 1.82) is 0 Å². The summed E-state index contributed by atoms with van der Waals surface area (Å²) in [7, 11) is 0. The molecule has 18 heavy (non-hydrogen) atoms. The van der Waals surface area contributed by atoms with Crippen LogP contribution in [0.15, 0.2) is 11.6 Å². The number of rotatable bonds is 4. The number of amides is 1. The lowest BCUT2D eigenvalue weighted by atomic mass is 10.2. The van der Waals surface area contributed by atoms with Crippen molar-refractivity contribution in [3.05, 3.63) is 23.0 Å². The zero-order valence-electron chi connectivity index (χ0n) is 10.1. The summed E-state index contributed by atoms with van der Waals surface area (Å²) in [6, 6.07) is 0. The monoisotopic (exact) mass is 267 g/mol. The van der Waals surface area contributed by atoms with Crippen molar-refractivity contribution >= 4 is 28.2 Å². The molecule has 2 aromatic rings. The molecule has 0 spiro atoms. The Bertz CT molecular complexity index is 587. The maximum absolute atomic E-state index is 12.0. The van der Waals surface area contributed by atoms with E-state index in [1.165, 1.54) is 11.3 Å². The molecular formula is C11H13N3O3S. The molecule has 0 unspecified atom stereocenters. The number of aromatic nitrogens is 2. The standard InChI is InChI=1S/C11H13N3O3S/c1-3-17-11(16)12-6-8(15)9-7(2)13-10-14(9)4-5-18-10/h4-5H,3,6H2,1-2H3,(H,12,16). The third kappa shape index (κ3) is 2.35. The van der Waals surface area contributed by atoms with Gasteiger partial charge < -0.3 is 10.1 Å². The van der Waals surface area contributed by atoms with Crippen LogP contribution >= 0.6 is 11.3 Å². The maximum atomic E-state index is 12.0. The molecule has 0 saturated carbocycles. The fraction of sp³-hybridized carbons (Fsp3) is 0.364. The number of ether oxygens (including phenoxy) is 1. The van der Waals surface area contributed by atoms with Crippen LogP contribution in [-0.2, 0) is 4.74 Å². The molecule has 0 fully saturated rings. The van der Waals surface area contributed by atoms with Crippen molar-refractivity contribution in [2.45, 2.75) is 13.8 Å². The average Bonchev–Trinajstić information content (AvgIpc) is 2.86. The molecule has 7 heteroatoms. The number of hydrogen-bond donors (Lipinski definition) is 1. The fourth-order valence-electron chi connectivity index (χ4n) is 1.65. The van der Waals surface area contributed by atoms with E-state index in [0.717, 1.165) is 4.96 Å². The highest BCUT2D eigenvalue weighted by atomic mass is 32.1. The van der Waals surface area contributed by atoms with E-state index in [1.807, 2.05) is 5.38 Å². The normalized spacial score (nSPS) is 10.6. The summed E-state index contributed by atoms with van der Waals surface area (Å²) in [5, 5.41) is 4.27. The van der Waals surface area contributed by atoms with E-state index in [0.29, 0.717) is 11.4 Å². The van der Waals surface area contributed by atoms with Gasteiger partial charge in [0.15, 0.2) is 4.96 Å². The lowest BCUT2D eigenvalue weighted by molar-refractivity contribution is 0.0973. The first-order valence-corrected chi connectivity index (χ1v) is 6.37. The lowest BCUT2D eigenvalue weighted by Gasteiger charge is -2.04. The third-order valence-corrected chi connectivity index (χ3v) is 3.13. The van der Waals surface area contributed by atoms with Gasteiger partial charge in [0, 0.05) is 11.6 Å². The van der Waals surface area contributed by atoms with Gasteiger partial charge in [-0.05, 0) is 13.8 Å². The van der Waals surface area contributed by atoms with Gasteiger partial charge in [0.1, 0.15) is 5.69 Å². The quantitative estimate of drug-likeness (QED) is 0.855. The van der Waals surface area contributed by atoms with E-state index in [4.69, 9.17) is 0 Å². The molecule has 1 amide bonds. The van der Waals surface area contributed by atoms with Gasteiger partial charge in [0.25, 0.3) is 0 Å². The number of hydrogen-bond acceptors (Lipinski definition) is 5. The fourth-order valence-corrected chi connectivity index (χ4v) is 2.41. The van der Waals surface area contributed by atoms with Gasteiger partial charge in [-0.2, -0.15) is 0 Å². The Hall–Kier alpha value is -1.89. The van der Waals surface area contributed by atoms with Gasteiger partial charge in [-0.3, -0.25) is 9.20 Å². The molecule has 6 nitrogen and oxygen atoms in total. The molecule has 0 aliphatic rings. The van der Waals surface area contributed by atoms with Crippen LogP contribution in [0.4, 0.5) is 4.79 Å². The molecule has 0 bridgehead atoms. The Morgan fingerprint density at radius 3 is 3.06 bits per heavy atom. The van der Waals surface area contributed by atoms with Crippen LogP contribution in [0.1, 0.15) is 23.1 Å². The van der Waals surface area contributed by atoms with Crippen molar-refractivity contribution < 1.29 is 14.3 Å². The largest absolute Gasteiger partial charge is 0.450 e. The minimum Gasteiger partial charge on any atom is -0.450 e. The first kappa shape index (κ1) is 12.6. The van der Waals surface area contributed by atoms with Crippen molar-refractivity contribution in [3.63, 3.8) is 0 Å². The second-order valence-electron chi connectivity index (χ2n) is 3.60. The summed E-state index contributed by atoms with van der Waals surface area (Å²) in [5.41, 5.74) is 1.17. The average molecular weight is 267 g/mol. The SMILES string of the molecule is CCOC(=O)NCC(=O)c1c(C)nc2sccn12. The number of imidazole rings is 1. The summed E-state index contributed by atoms with van der Waals surface area (Å²) < 4.78 is 6.42. The molecule has 2 aromatic heterocycles. The predicted molar refractivity (Wildman–Crippen MR) is 67.2 cm³/mol. The number of fused-ring (bicyclic) bond motifs is 1. The minimum atomic E-state index is -0.588. The maximum Gasteiger partial charge on any atom is 0.407 e. The number of ketones is 1. The van der Waals surface area contributed by atoms with Crippen molar-refractivity contribution in [2.24, 2.45) is 0 Å². The smallest absolute Gasteiger partial charge is 0.407 e. The second kappa shape index (κ2) is 5.18. The number of carbonyl (C=O) groups excluding carboxylic acids is 2. The van der Waals surface area contributed by atoms with Crippen LogP contribution in [0.25, 0.3) is 4.96 Å². The number of nitrogens with zero attached hydrogens (tertiary/aromatic N) is 2. The molecular weight excluding hydrogens is 254 g/mol. The molecule has 0 atom stereocenters. The topological polar surface area (TPSA) is 72.7 Å². The van der Waals surface area contributed by atoms with Crippen molar-refractivity contribution in [1.82, 2.24) is 14.7 Å². The summed E-state index contributed by atoms with van der Waals surface area (Å²) in [5.74, 6) is -0.188. The first-order valence-electron chi connectivity index (χ1n) is 5.49. The van der Waals surface area contributed by atoms with E-state index in [-0.39, 0.29) is 18.9 Å². The summed E-state index contributed by atoms with van der Waals surface area (Å²) in [6.07, 6.45) is 1.20. The number of Topliss-reactive ketones (excluding diaryl/α,β-unsaturated/α-hetero) is 1. The van der Waals surface area contributed by atoms with Crippen LogP contribution < -0.4 is 5.32 Å². The number of aryl methyl sites for hydroxylation is 1. The highest BCUT2D eigenvalue weighted by molar-refractivity contribution is 7.15. The zero-order chi connectivity index (χ0) is 13.1. The number of nitrogens with one attached hydrogen (secondary N) is 1. The van der Waals surface area contributed by atoms with E-state index in [9.17, 15) is 9.59 Å². The van der Waals surface area contributed by atoms with Crippen LogP contribution in [0.2, 0.25) is 0 Å². The number of thiazole rings is 1. The van der Waals surface area contributed by atoms with E-state index < -0.39 is 6.09 Å². The third-order valence-electron chi connectivity index (χ3n) is 2.37. The zero-order valence-corrected chi connectivity index (χ0v) is 10.9. The minimum absolute atomic E-state index is 0.0939. The molecule has 0 aliphatic heterocycles. The highest BCUT2D eigenvalue weighted by Crippen LogP contribution is 2.16. The van der Waals surface area contributed by atoms with E-state index in [2.05, 4.69) is 15.0 Å². The van der Waals surface area contributed by atoms with Crippen molar-refractivity contribution in [3.8, 4) is 0 Å². The summed E-state index contributed by atoms with van der Waals surface area (Å²) >= 11 is 1.46. The Morgan fingerprint density at radius 2 is 2.33 bits per heavy atom. The van der Waals surface area contributed by atoms with Gasteiger partial charge in [0.2, 0.25) is 5.78 Å². The van der Waals surface area contributed by atoms with Crippen LogP contribution in [0.3, 0.4) is 0 Å². The van der Waals surface area contributed by atoms with Gasteiger partial charge >= 0.3 is 6.09 Å². The van der Waals surface area contributed by atoms with E-state index in [1.54, 1.807) is 24.4 Å². The van der Waals surface area contributed by atoms with Crippen molar-refractivity contribution in [2.75, 3.05) is 13.2 Å². The Balaban J connectivity index is 2.11. The Labute approximate surface area is 108 Å². The highest BCUT2D eigenvalue weighted by Gasteiger charge is 2.17. The predicted octanol–water partition coefficient (Wildman–Crippen LogP) is 1.63. The second-order valence-corrected chi connectivity index (χ2v) is 4.47. The first-order chi connectivity index (χ1) is 8.63. The molecule has 2 rings (SSSR count). The molecule has 2 heterocycles. The molecule has 96 valence electrons. The van der Waals surface area contributed by atoms with Gasteiger partial charge in [-0.25, -0.2) is 9.78 Å². The molecule has 0 aromatic carbocycles.